The number of benzene rings is 2. The lowest BCUT2D eigenvalue weighted by molar-refractivity contribution is -0.137. The van der Waals surface area contributed by atoms with Crippen molar-refractivity contribution in [2.24, 2.45) is 0 Å². The van der Waals surface area contributed by atoms with Crippen LogP contribution in [-0.2, 0) is 6.18 Å². The lowest BCUT2D eigenvalue weighted by Crippen LogP contribution is -2.07. The molecule has 0 bridgehead atoms. The minimum atomic E-state index is -4.42. The molecule has 2 aromatic carbocycles. The van der Waals surface area contributed by atoms with Gasteiger partial charge in [-0.25, -0.2) is 0 Å². The molecule has 5 heteroatoms. The fourth-order valence-corrected chi connectivity index (χ4v) is 1.90. The molecule has 0 unspecified atom stereocenters. The zero-order chi connectivity index (χ0) is 15.3. The topological polar surface area (TPSA) is 12.0 Å². The van der Waals surface area contributed by atoms with Crippen LogP contribution in [0.3, 0.4) is 0 Å². The van der Waals surface area contributed by atoms with Gasteiger partial charge in [0.25, 0.3) is 0 Å². The van der Waals surface area contributed by atoms with Gasteiger partial charge in [0.05, 0.1) is 12.1 Å². The molecule has 2 aromatic rings. The predicted octanol–water partition coefficient (Wildman–Crippen LogP) is 4.82. The zero-order valence-electron chi connectivity index (χ0n) is 10.8. The molecule has 0 aliphatic rings. The van der Waals surface area contributed by atoms with Crippen molar-refractivity contribution < 1.29 is 13.2 Å². The van der Waals surface area contributed by atoms with Crippen LogP contribution in [-0.4, -0.2) is 6.54 Å². The van der Waals surface area contributed by atoms with Crippen LogP contribution in [0.1, 0.15) is 11.1 Å². The smallest absolute Gasteiger partial charge is 0.374 e. The molecule has 0 radical (unpaired) electrons. The summed E-state index contributed by atoms with van der Waals surface area (Å²) in [5, 5.41) is 2.84. The molecule has 0 saturated heterocycles. The summed E-state index contributed by atoms with van der Waals surface area (Å²) in [4.78, 5) is 0. The summed E-state index contributed by atoms with van der Waals surface area (Å²) in [7, 11) is 0. The van der Waals surface area contributed by atoms with Crippen molar-refractivity contribution in [1.29, 1.82) is 0 Å². The van der Waals surface area contributed by atoms with Crippen LogP contribution >= 0.6 is 11.6 Å². The summed E-state index contributed by atoms with van der Waals surface area (Å²) in [5.74, 6) is 5.75. The first kappa shape index (κ1) is 15.3. The third-order valence-corrected chi connectivity index (χ3v) is 2.83. The van der Waals surface area contributed by atoms with E-state index in [-0.39, 0.29) is 17.3 Å². The average Bonchev–Trinajstić information content (AvgIpc) is 2.43. The molecule has 1 nitrogen and oxygen atoms in total. The molecule has 108 valence electrons. The Labute approximate surface area is 125 Å². The number of anilines is 1. The number of hydrogen-bond acceptors (Lipinski definition) is 1. The SMILES string of the molecule is FC(F)(F)c1cc(Cl)cc(NCC#Cc2ccccc2)c1. The molecule has 0 amide bonds. The normalized spacial score (nSPS) is 10.7. The van der Waals surface area contributed by atoms with Gasteiger partial charge in [-0.2, -0.15) is 13.2 Å². The second-order valence-electron chi connectivity index (χ2n) is 4.25. The highest BCUT2D eigenvalue weighted by atomic mass is 35.5. The van der Waals surface area contributed by atoms with Gasteiger partial charge in [-0.15, -0.1) is 0 Å². The summed E-state index contributed by atoms with van der Waals surface area (Å²) in [6.07, 6.45) is -4.42. The Bertz CT molecular complexity index is 669. The van der Waals surface area contributed by atoms with Crippen LogP contribution < -0.4 is 5.32 Å². The summed E-state index contributed by atoms with van der Waals surface area (Å²) >= 11 is 5.69. The van der Waals surface area contributed by atoms with E-state index < -0.39 is 11.7 Å². The van der Waals surface area contributed by atoms with E-state index in [1.807, 2.05) is 30.3 Å². The van der Waals surface area contributed by atoms with E-state index >= 15 is 0 Å². The van der Waals surface area contributed by atoms with E-state index in [0.29, 0.717) is 0 Å². The first-order chi connectivity index (χ1) is 9.95. The first-order valence-electron chi connectivity index (χ1n) is 6.11. The van der Waals surface area contributed by atoms with Crippen molar-refractivity contribution in [3.05, 3.63) is 64.7 Å². The van der Waals surface area contributed by atoms with Crippen LogP contribution in [0.15, 0.2) is 48.5 Å². The average molecular weight is 310 g/mol. The molecular formula is C16H11ClF3N. The van der Waals surface area contributed by atoms with Gasteiger partial charge in [-0.05, 0) is 30.3 Å². The van der Waals surface area contributed by atoms with Crippen molar-refractivity contribution in [3.8, 4) is 11.8 Å². The molecule has 0 aliphatic heterocycles. The molecule has 1 N–H and O–H groups in total. The molecule has 0 heterocycles. The van der Waals surface area contributed by atoms with E-state index in [9.17, 15) is 13.2 Å². The third-order valence-electron chi connectivity index (χ3n) is 2.61. The second-order valence-corrected chi connectivity index (χ2v) is 4.68. The number of hydrogen-bond donors (Lipinski definition) is 1. The van der Waals surface area contributed by atoms with Crippen LogP contribution in [0, 0.1) is 11.8 Å². The lowest BCUT2D eigenvalue weighted by Gasteiger charge is -2.10. The highest BCUT2D eigenvalue weighted by molar-refractivity contribution is 6.30. The molecule has 0 aromatic heterocycles. The predicted molar refractivity (Wildman–Crippen MR) is 78.3 cm³/mol. The zero-order valence-corrected chi connectivity index (χ0v) is 11.6. The molecular weight excluding hydrogens is 299 g/mol. The van der Waals surface area contributed by atoms with Gasteiger partial charge < -0.3 is 5.32 Å². The number of halogens is 4. The molecule has 0 fully saturated rings. The maximum Gasteiger partial charge on any atom is 0.416 e. The van der Waals surface area contributed by atoms with E-state index in [2.05, 4.69) is 17.2 Å². The van der Waals surface area contributed by atoms with E-state index in [0.717, 1.165) is 17.7 Å². The monoisotopic (exact) mass is 309 g/mol. The first-order valence-corrected chi connectivity index (χ1v) is 6.48. The van der Waals surface area contributed by atoms with Crippen molar-refractivity contribution in [3.63, 3.8) is 0 Å². The van der Waals surface area contributed by atoms with Crippen molar-refractivity contribution in [2.45, 2.75) is 6.18 Å². The van der Waals surface area contributed by atoms with Gasteiger partial charge in [0.2, 0.25) is 0 Å². The number of nitrogens with one attached hydrogen (secondary N) is 1. The minimum Gasteiger partial charge on any atom is -0.374 e. The third kappa shape index (κ3) is 4.73. The molecule has 21 heavy (non-hydrogen) atoms. The van der Waals surface area contributed by atoms with Crippen molar-refractivity contribution in [2.75, 3.05) is 11.9 Å². The number of alkyl halides is 3. The summed E-state index contributed by atoms with van der Waals surface area (Å²) < 4.78 is 37.9. The Morgan fingerprint density at radius 1 is 1.05 bits per heavy atom. The maximum absolute atomic E-state index is 12.6. The largest absolute Gasteiger partial charge is 0.416 e. The highest BCUT2D eigenvalue weighted by Gasteiger charge is 2.31. The van der Waals surface area contributed by atoms with Crippen LogP contribution in [0.2, 0.25) is 5.02 Å². The minimum absolute atomic E-state index is 0.0309. The maximum atomic E-state index is 12.6. The summed E-state index contributed by atoms with van der Waals surface area (Å²) in [6.45, 7) is 0.229. The van der Waals surface area contributed by atoms with Crippen LogP contribution in [0.25, 0.3) is 0 Å². The Balaban J connectivity index is 2.04. The highest BCUT2D eigenvalue weighted by Crippen LogP contribution is 2.33. The molecule has 0 spiro atoms. The fraction of sp³-hybridized carbons (Fsp3) is 0.125. The fourth-order valence-electron chi connectivity index (χ4n) is 1.67. The molecule has 0 saturated carbocycles. The second kappa shape index (κ2) is 6.55. The Hall–Kier alpha value is -2.12. The number of rotatable bonds is 2. The van der Waals surface area contributed by atoms with Crippen LogP contribution in [0.5, 0.6) is 0 Å². The Morgan fingerprint density at radius 3 is 2.43 bits per heavy atom. The lowest BCUT2D eigenvalue weighted by atomic mass is 10.2. The molecule has 2 rings (SSSR count). The van der Waals surface area contributed by atoms with Crippen molar-refractivity contribution in [1.82, 2.24) is 0 Å². The molecule has 0 aliphatic carbocycles. The van der Waals surface area contributed by atoms with E-state index in [4.69, 9.17) is 11.6 Å². The van der Waals surface area contributed by atoms with E-state index in [1.54, 1.807) is 0 Å². The van der Waals surface area contributed by atoms with Gasteiger partial charge in [-0.1, -0.05) is 41.6 Å². The van der Waals surface area contributed by atoms with Gasteiger partial charge in [0.1, 0.15) is 0 Å². The Morgan fingerprint density at radius 2 is 1.76 bits per heavy atom. The summed E-state index contributed by atoms with van der Waals surface area (Å²) in [6, 6.07) is 12.7. The molecule has 0 atom stereocenters. The van der Waals surface area contributed by atoms with E-state index in [1.165, 1.54) is 6.07 Å². The summed E-state index contributed by atoms with van der Waals surface area (Å²) in [5.41, 5.74) is 0.354. The van der Waals surface area contributed by atoms with Crippen molar-refractivity contribution >= 4 is 17.3 Å². The standard InChI is InChI=1S/C16H11ClF3N/c17-14-9-13(16(18,19)20)10-15(11-14)21-8-4-7-12-5-2-1-3-6-12/h1-3,5-6,9-11,21H,8H2. The quantitative estimate of drug-likeness (QED) is 0.784. The van der Waals surface area contributed by atoms with Gasteiger partial charge >= 0.3 is 6.18 Å². The van der Waals surface area contributed by atoms with Crippen LogP contribution in [0.4, 0.5) is 18.9 Å². The Kier molecular flexibility index (Phi) is 4.77. The van der Waals surface area contributed by atoms with Gasteiger partial charge in [0, 0.05) is 16.3 Å². The van der Waals surface area contributed by atoms with Gasteiger partial charge in [-0.3, -0.25) is 0 Å². The van der Waals surface area contributed by atoms with Gasteiger partial charge in [0.15, 0.2) is 0 Å².